The lowest BCUT2D eigenvalue weighted by molar-refractivity contribution is -0.135. The maximum absolute atomic E-state index is 13.0. The fraction of sp³-hybridized carbons (Fsp3) is 0.750. The van der Waals surface area contributed by atoms with E-state index < -0.39 is 78.0 Å². The number of nitrogens with one attached hydrogen (secondary N) is 4. The molecule has 15 heteroatoms. The Bertz CT molecular complexity index is 757. The van der Waals surface area contributed by atoms with Crippen molar-refractivity contribution in [3.05, 3.63) is 0 Å². The second-order valence-corrected chi connectivity index (χ2v) is 9.54. The molecule has 200 valence electrons. The predicted molar refractivity (Wildman–Crippen MR) is 129 cm³/mol. The number of carbonyl (C=O) groups is 5. The number of thioether (sulfide) groups is 1. The van der Waals surface area contributed by atoms with Gasteiger partial charge in [0.1, 0.15) is 18.1 Å². The monoisotopic (exact) mass is 519 g/mol. The molecule has 35 heavy (non-hydrogen) atoms. The Labute approximate surface area is 207 Å². The highest BCUT2D eigenvalue weighted by Crippen LogP contribution is 2.20. The number of rotatable bonds is 8. The molecule has 0 aromatic carbocycles. The highest BCUT2D eigenvalue weighted by atomic mass is 32.2. The molecule has 0 bridgehead atoms. The smallest absolute Gasteiger partial charge is 0.245 e. The minimum absolute atomic E-state index is 0.0396. The average Bonchev–Trinajstić information content (AvgIpc) is 2.80. The van der Waals surface area contributed by atoms with E-state index in [0.717, 1.165) is 11.8 Å². The van der Waals surface area contributed by atoms with Crippen LogP contribution in [0.25, 0.3) is 0 Å². The molecule has 1 aliphatic heterocycles. The standard InChI is InChI=1S/C20H37N7O7S/c1-10-17(31)26-13(6-16(23)30)19(33)25-12(4-2-3-5-21)15(8-29)35-9-11(22)18(32)27-14(7-28)20(34)24-10/h10-15,28-29H,2-9,21-22H2,1H3,(H2,23,30)(H,24,34)(H,25,33)(H,26,31)(H,27,32)/t10-,11-,12+,13?,14?,15?/m0/s1. The first kappa shape index (κ1) is 30.6. The first-order chi connectivity index (χ1) is 16.5. The van der Waals surface area contributed by atoms with Crippen molar-refractivity contribution in [2.24, 2.45) is 17.2 Å². The van der Waals surface area contributed by atoms with Crippen LogP contribution in [-0.4, -0.2) is 101 Å². The normalized spacial score (nSPS) is 29.5. The molecular formula is C20H37N7O7S. The van der Waals surface area contributed by atoms with Crippen molar-refractivity contribution in [2.45, 2.75) is 68.1 Å². The number of unbranched alkanes of at least 4 members (excludes halogenated alkanes) is 1. The lowest BCUT2D eigenvalue weighted by Gasteiger charge is -2.30. The van der Waals surface area contributed by atoms with Gasteiger partial charge >= 0.3 is 0 Å². The van der Waals surface area contributed by atoms with Gasteiger partial charge in [-0.15, -0.1) is 0 Å². The van der Waals surface area contributed by atoms with Gasteiger partial charge in [-0.25, -0.2) is 0 Å². The summed E-state index contributed by atoms with van der Waals surface area (Å²) < 4.78 is 0. The van der Waals surface area contributed by atoms with Gasteiger partial charge in [0.15, 0.2) is 0 Å². The summed E-state index contributed by atoms with van der Waals surface area (Å²) in [5.74, 6) is -3.84. The Morgan fingerprint density at radius 3 is 2.14 bits per heavy atom. The van der Waals surface area contributed by atoms with Crippen LogP contribution in [0.1, 0.15) is 32.6 Å². The molecule has 12 N–H and O–H groups in total. The van der Waals surface area contributed by atoms with E-state index in [1.165, 1.54) is 6.92 Å². The van der Waals surface area contributed by atoms with Crippen LogP contribution in [0.3, 0.4) is 0 Å². The molecule has 1 rings (SSSR count). The summed E-state index contributed by atoms with van der Waals surface area (Å²) in [4.78, 5) is 62.1. The topological polar surface area (TPSA) is 252 Å². The van der Waals surface area contributed by atoms with Crippen molar-refractivity contribution in [1.82, 2.24) is 21.3 Å². The number of primary amides is 1. The summed E-state index contributed by atoms with van der Waals surface area (Å²) in [6.07, 6.45) is 1.22. The highest BCUT2D eigenvalue weighted by molar-refractivity contribution is 8.00. The molecule has 0 aliphatic carbocycles. The minimum Gasteiger partial charge on any atom is -0.395 e. The Balaban J connectivity index is 3.28. The first-order valence-corrected chi connectivity index (χ1v) is 12.4. The highest BCUT2D eigenvalue weighted by Gasteiger charge is 2.32. The van der Waals surface area contributed by atoms with Crippen LogP contribution in [0, 0.1) is 0 Å². The summed E-state index contributed by atoms with van der Waals surface area (Å²) in [5, 5.41) is 28.7. The van der Waals surface area contributed by atoms with E-state index in [4.69, 9.17) is 17.2 Å². The Morgan fingerprint density at radius 2 is 1.57 bits per heavy atom. The lowest BCUT2D eigenvalue weighted by atomic mass is 10.0. The number of hydrogen-bond acceptors (Lipinski definition) is 10. The van der Waals surface area contributed by atoms with Crippen LogP contribution < -0.4 is 38.5 Å². The molecule has 6 atom stereocenters. The number of aliphatic hydroxyl groups excluding tert-OH is 2. The largest absolute Gasteiger partial charge is 0.395 e. The van der Waals surface area contributed by atoms with Gasteiger partial charge in [-0.1, -0.05) is 6.42 Å². The van der Waals surface area contributed by atoms with Crippen LogP contribution in [0.5, 0.6) is 0 Å². The Hall–Kier alpha value is -2.46. The molecule has 0 aromatic rings. The average molecular weight is 520 g/mol. The van der Waals surface area contributed by atoms with Crippen molar-refractivity contribution in [3.63, 3.8) is 0 Å². The summed E-state index contributed by atoms with van der Waals surface area (Å²) in [7, 11) is 0. The molecule has 0 spiro atoms. The fourth-order valence-corrected chi connectivity index (χ4v) is 4.45. The number of nitrogens with two attached hydrogens (primary N) is 3. The molecule has 1 aliphatic rings. The maximum Gasteiger partial charge on any atom is 0.245 e. The molecule has 0 radical (unpaired) electrons. The zero-order valence-electron chi connectivity index (χ0n) is 19.7. The third kappa shape index (κ3) is 10.4. The number of aliphatic hydroxyl groups is 2. The van der Waals surface area contributed by atoms with Crippen molar-refractivity contribution < 1.29 is 34.2 Å². The Morgan fingerprint density at radius 1 is 0.943 bits per heavy atom. The van der Waals surface area contributed by atoms with E-state index in [1.54, 1.807) is 0 Å². The van der Waals surface area contributed by atoms with Crippen LogP contribution in [0.15, 0.2) is 0 Å². The summed E-state index contributed by atoms with van der Waals surface area (Å²) in [5.41, 5.74) is 16.8. The van der Waals surface area contributed by atoms with Crippen molar-refractivity contribution in [2.75, 3.05) is 25.5 Å². The van der Waals surface area contributed by atoms with Gasteiger partial charge in [0.05, 0.1) is 25.7 Å². The number of carbonyl (C=O) groups excluding carboxylic acids is 5. The van der Waals surface area contributed by atoms with Crippen molar-refractivity contribution >= 4 is 41.3 Å². The Kier molecular flexibility index (Phi) is 13.6. The third-order valence-corrected chi connectivity index (χ3v) is 6.82. The molecule has 0 saturated carbocycles. The second kappa shape index (κ2) is 15.5. The molecule has 0 aromatic heterocycles. The van der Waals surface area contributed by atoms with Crippen LogP contribution >= 0.6 is 11.8 Å². The predicted octanol–water partition coefficient (Wildman–Crippen LogP) is -4.62. The minimum atomic E-state index is -1.37. The van der Waals surface area contributed by atoms with E-state index in [2.05, 4.69) is 21.3 Å². The molecule has 5 amide bonds. The lowest BCUT2D eigenvalue weighted by Crippen LogP contribution is -2.59. The van der Waals surface area contributed by atoms with E-state index >= 15 is 0 Å². The first-order valence-electron chi connectivity index (χ1n) is 11.3. The summed E-state index contributed by atoms with van der Waals surface area (Å²) >= 11 is 1.14. The zero-order valence-corrected chi connectivity index (χ0v) is 20.5. The quantitative estimate of drug-likeness (QED) is 0.139. The molecule has 1 heterocycles. The van der Waals surface area contributed by atoms with Gasteiger partial charge in [-0.05, 0) is 26.3 Å². The van der Waals surface area contributed by atoms with E-state index in [-0.39, 0.29) is 12.4 Å². The molecule has 14 nitrogen and oxygen atoms in total. The van der Waals surface area contributed by atoms with Gasteiger partial charge in [-0.2, -0.15) is 11.8 Å². The van der Waals surface area contributed by atoms with Crippen molar-refractivity contribution in [1.29, 1.82) is 0 Å². The van der Waals surface area contributed by atoms with Gasteiger partial charge in [0.25, 0.3) is 0 Å². The van der Waals surface area contributed by atoms with Crippen LogP contribution in [0.2, 0.25) is 0 Å². The maximum atomic E-state index is 13.0. The summed E-state index contributed by atoms with van der Waals surface area (Å²) in [6, 6.07) is -5.57. The number of hydrogen-bond donors (Lipinski definition) is 9. The van der Waals surface area contributed by atoms with Gasteiger partial charge < -0.3 is 48.7 Å². The van der Waals surface area contributed by atoms with E-state index in [9.17, 15) is 34.2 Å². The van der Waals surface area contributed by atoms with Gasteiger partial charge in [0, 0.05) is 17.0 Å². The molecule has 1 fully saturated rings. The number of amides is 5. The van der Waals surface area contributed by atoms with Crippen LogP contribution in [0.4, 0.5) is 0 Å². The fourth-order valence-electron chi connectivity index (χ4n) is 3.30. The summed E-state index contributed by atoms with van der Waals surface area (Å²) in [6.45, 7) is 0.642. The zero-order chi connectivity index (χ0) is 26.5. The van der Waals surface area contributed by atoms with Crippen molar-refractivity contribution in [3.8, 4) is 0 Å². The van der Waals surface area contributed by atoms with Crippen LogP contribution in [-0.2, 0) is 24.0 Å². The SMILES string of the molecule is C[C@@H]1NC(=O)C(CO)NC(=O)[C@@H](N)CSC(CO)[C@@H](CCCCN)NC(=O)C(CC(N)=O)NC1=O. The van der Waals surface area contributed by atoms with E-state index in [0.29, 0.717) is 25.8 Å². The van der Waals surface area contributed by atoms with Gasteiger partial charge in [-0.3, -0.25) is 24.0 Å². The molecule has 1 saturated heterocycles. The second-order valence-electron chi connectivity index (χ2n) is 8.27. The molecular weight excluding hydrogens is 482 g/mol. The van der Waals surface area contributed by atoms with E-state index in [1.807, 2.05) is 0 Å². The third-order valence-electron chi connectivity index (χ3n) is 5.36. The molecule has 3 unspecified atom stereocenters. The van der Waals surface area contributed by atoms with Gasteiger partial charge in [0.2, 0.25) is 29.5 Å².